The van der Waals surface area contributed by atoms with Crippen molar-refractivity contribution in [3.8, 4) is 17.2 Å². The zero-order valence-corrected chi connectivity index (χ0v) is 21.1. The average Bonchev–Trinajstić information content (AvgIpc) is 3.49. The van der Waals surface area contributed by atoms with Crippen molar-refractivity contribution in [1.82, 2.24) is 14.9 Å². The van der Waals surface area contributed by atoms with Crippen molar-refractivity contribution < 1.29 is 9.47 Å². The van der Waals surface area contributed by atoms with Gasteiger partial charge in [0.15, 0.2) is 5.11 Å². The highest BCUT2D eigenvalue weighted by Crippen LogP contribution is 2.46. The minimum atomic E-state index is -0.193. The van der Waals surface area contributed by atoms with Crippen molar-refractivity contribution in [3.05, 3.63) is 101 Å². The van der Waals surface area contributed by atoms with Crippen LogP contribution in [0.15, 0.2) is 89.7 Å². The number of nitrogens with one attached hydrogen (secondary N) is 1. The number of ether oxygens (including phenoxy) is 2. The Morgan fingerprint density at radius 1 is 0.971 bits per heavy atom. The van der Waals surface area contributed by atoms with E-state index in [0.29, 0.717) is 10.9 Å². The van der Waals surface area contributed by atoms with Gasteiger partial charge in [-0.3, -0.25) is 4.98 Å². The van der Waals surface area contributed by atoms with Gasteiger partial charge < -0.3 is 24.3 Å². The van der Waals surface area contributed by atoms with Gasteiger partial charge in [-0.25, -0.2) is 0 Å². The number of nitrogens with zero attached hydrogens (tertiary/aromatic N) is 3. The molecule has 1 fully saturated rings. The normalized spacial score (nSPS) is 17.5. The Kier molecular flexibility index (Phi) is 6.26. The third-order valence-corrected chi connectivity index (χ3v) is 6.77. The van der Waals surface area contributed by atoms with Crippen LogP contribution in [-0.2, 0) is 0 Å². The molecule has 0 unspecified atom stereocenters. The molecule has 8 heteroatoms. The van der Waals surface area contributed by atoms with Crippen LogP contribution in [0.4, 0.5) is 5.69 Å². The summed E-state index contributed by atoms with van der Waals surface area (Å²) in [5, 5.41) is 4.10. The van der Waals surface area contributed by atoms with Crippen molar-refractivity contribution >= 4 is 38.9 Å². The van der Waals surface area contributed by atoms with Crippen molar-refractivity contribution in [3.63, 3.8) is 0 Å². The van der Waals surface area contributed by atoms with Crippen molar-refractivity contribution in [2.45, 2.75) is 12.1 Å². The Bertz CT molecular complexity index is 1310. The number of thiocarbonyl (C=S) groups is 1. The van der Waals surface area contributed by atoms with E-state index in [0.717, 1.165) is 33.0 Å². The van der Waals surface area contributed by atoms with Crippen LogP contribution in [0.3, 0.4) is 0 Å². The van der Waals surface area contributed by atoms with Crippen LogP contribution in [0.5, 0.6) is 11.5 Å². The monoisotopic (exact) mass is 534 g/mol. The molecular weight excluding hydrogens is 512 g/mol. The van der Waals surface area contributed by atoms with Crippen LogP contribution in [0, 0.1) is 0 Å². The van der Waals surface area contributed by atoms with Crippen LogP contribution >= 0.6 is 28.1 Å². The van der Waals surface area contributed by atoms with Gasteiger partial charge in [-0.2, -0.15) is 0 Å². The molecule has 1 aliphatic rings. The lowest BCUT2D eigenvalue weighted by molar-refractivity contribution is 0.402. The highest BCUT2D eigenvalue weighted by atomic mass is 79.9. The van der Waals surface area contributed by atoms with Crippen molar-refractivity contribution in [1.29, 1.82) is 0 Å². The molecule has 6 nitrogen and oxygen atoms in total. The fourth-order valence-electron chi connectivity index (χ4n) is 4.37. The summed E-state index contributed by atoms with van der Waals surface area (Å²) in [6.45, 7) is 0. The number of anilines is 1. The van der Waals surface area contributed by atoms with Crippen LogP contribution in [-0.4, -0.2) is 28.9 Å². The Morgan fingerprint density at radius 3 is 2.50 bits per heavy atom. The van der Waals surface area contributed by atoms with Gasteiger partial charge in [0.1, 0.15) is 17.5 Å². The second kappa shape index (κ2) is 9.48. The summed E-state index contributed by atoms with van der Waals surface area (Å²) in [6.07, 6.45) is 3.87. The van der Waals surface area contributed by atoms with Crippen LogP contribution in [0.1, 0.15) is 23.5 Å². The topological polar surface area (TPSA) is 51.6 Å². The number of hydrogen-bond donors (Lipinski definition) is 1. The minimum Gasteiger partial charge on any atom is -0.497 e. The molecule has 5 rings (SSSR count). The quantitative estimate of drug-likeness (QED) is 0.314. The first-order valence-corrected chi connectivity index (χ1v) is 12.0. The first-order valence-electron chi connectivity index (χ1n) is 10.8. The Morgan fingerprint density at radius 2 is 1.79 bits per heavy atom. The lowest BCUT2D eigenvalue weighted by Crippen LogP contribution is -2.30. The summed E-state index contributed by atoms with van der Waals surface area (Å²) in [5.74, 6) is 1.43. The van der Waals surface area contributed by atoms with Crippen molar-refractivity contribution in [2.24, 2.45) is 0 Å². The molecule has 1 N–H and O–H groups in total. The van der Waals surface area contributed by atoms with Gasteiger partial charge >= 0.3 is 0 Å². The number of halogens is 1. The lowest BCUT2D eigenvalue weighted by Gasteiger charge is -2.30. The molecule has 2 aromatic heterocycles. The number of methoxy groups -OCH3 is 2. The maximum Gasteiger partial charge on any atom is 0.174 e. The Hall–Kier alpha value is -3.36. The fraction of sp³-hybridized carbons (Fsp3) is 0.154. The van der Waals surface area contributed by atoms with Gasteiger partial charge in [0.25, 0.3) is 0 Å². The number of rotatable bonds is 6. The molecular formula is C26H23BrN4O2S. The van der Waals surface area contributed by atoms with Crippen LogP contribution in [0.25, 0.3) is 5.69 Å². The summed E-state index contributed by atoms with van der Waals surface area (Å²) < 4.78 is 14.5. The van der Waals surface area contributed by atoms with Crippen LogP contribution in [0.2, 0.25) is 0 Å². The molecule has 2 atom stereocenters. The highest BCUT2D eigenvalue weighted by molar-refractivity contribution is 9.10. The molecule has 0 saturated carbocycles. The lowest BCUT2D eigenvalue weighted by atomic mass is 10.0. The van der Waals surface area contributed by atoms with E-state index in [-0.39, 0.29) is 12.1 Å². The maximum absolute atomic E-state index is 5.89. The van der Waals surface area contributed by atoms with E-state index in [1.165, 1.54) is 0 Å². The standard InChI is InChI=1S/C26H23BrN4O2S/c1-32-19-12-13-23(33-2)22(16-19)31-25(24(29-26(31)34)20-6-3-4-14-28-20)21-7-5-15-30(21)18-10-8-17(27)9-11-18/h3-16,24-25H,1-2H3,(H,29,34)/t24-,25-/m0/s1. The molecule has 0 radical (unpaired) electrons. The largest absolute Gasteiger partial charge is 0.497 e. The molecule has 0 amide bonds. The van der Waals surface area contributed by atoms with E-state index >= 15 is 0 Å². The van der Waals surface area contributed by atoms with E-state index in [4.69, 9.17) is 21.7 Å². The number of aromatic nitrogens is 2. The first-order chi connectivity index (χ1) is 16.6. The number of pyridine rings is 1. The predicted molar refractivity (Wildman–Crippen MR) is 141 cm³/mol. The van der Waals surface area contributed by atoms with Crippen LogP contribution < -0.4 is 19.7 Å². The second-order valence-corrected chi connectivity index (χ2v) is 9.12. The molecule has 0 aliphatic carbocycles. The van der Waals surface area contributed by atoms with Gasteiger partial charge in [-0.15, -0.1) is 0 Å². The number of hydrogen-bond acceptors (Lipinski definition) is 4. The summed E-state index contributed by atoms with van der Waals surface area (Å²) >= 11 is 9.42. The predicted octanol–water partition coefficient (Wildman–Crippen LogP) is 5.83. The molecule has 2 aromatic carbocycles. The molecule has 34 heavy (non-hydrogen) atoms. The molecule has 1 saturated heterocycles. The third kappa shape index (κ3) is 4.03. The first kappa shape index (κ1) is 22.4. The zero-order chi connectivity index (χ0) is 23.7. The number of benzene rings is 2. The Labute approximate surface area is 212 Å². The summed E-state index contributed by atoms with van der Waals surface area (Å²) in [6, 6.07) is 23.7. The summed E-state index contributed by atoms with van der Waals surface area (Å²) in [4.78, 5) is 6.75. The van der Waals surface area contributed by atoms with Gasteiger partial charge in [-0.05, 0) is 72.9 Å². The molecule has 172 valence electrons. The average molecular weight is 535 g/mol. The third-order valence-electron chi connectivity index (χ3n) is 5.93. The van der Waals surface area contributed by atoms with E-state index in [1.807, 2.05) is 48.5 Å². The molecule has 0 spiro atoms. The van der Waals surface area contributed by atoms with E-state index in [9.17, 15) is 0 Å². The maximum atomic E-state index is 5.89. The highest BCUT2D eigenvalue weighted by Gasteiger charge is 2.43. The fourth-order valence-corrected chi connectivity index (χ4v) is 4.98. The van der Waals surface area contributed by atoms with E-state index in [2.05, 4.69) is 66.2 Å². The van der Waals surface area contributed by atoms with Gasteiger partial charge in [0.2, 0.25) is 0 Å². The van der Waals surface area contributed by atoms with E-state index < -0.39 is 0 Å². The smallest absolute Gasteiger partial charge is 0.174 e. The second-order valence-electron chi connectivity index (χ2n) is 7.81. The van der Waals surface area contributed by atoms with Gasteiger partial charge in [-0.1, -0.05) is 22.0 Å². The van der Waals surface area contributed by atoms with Gasteiger partial charge in [0, 0.05) is 34.3 Å². The summed E-state index contributed by atoms with van der Waals surface area (Å²) in [7, 11) is 3.31. The van der Waals surface area contributed by atoms with Crippen molar-refractivity contribution in [2.75, 3.05) is 19.1 Å². The summed E-state index contributed by atoms with van der Waals surface area (Å²) in [5.41, 5.74) is 3.85. The molecule has 3 heterocycles. The van der Waals surface area contributed by atoms with Gasteiger partial charge in [0.05, 0.1) is 31.6 Å². The molecule has 0 bridgehead atoms. The SMILES string of the molecule is COc1ccc(OC)c(N2C(=S)N[C@@H](c3ccccn3)[C@@H]2c2cccn2-c2ccc(Br)cc2)c1. The Balaban J connectivity index is 1.70. The van der Waals surface area contributed by atoms with E-state index in [1.54, 1.807) is 20.4 Å². The minimum absolute atomic E-state index is 0.172. The zero-order valence-electron chi connectivity index (χ0n) is 18.7. The molecule has 4 aromatic rings. The molecule has 1 aliphatic heterocycles.